The Hall–Kier alpha value is -1.56. The molecule has 1 N–H and O–H groups in total. The lowest BCUT2D eigenvalue weighted by Gasteiger charge is -2.43. The number of ether oxygens (including phenoxy) is 1. The summed E-state index contributed by atoms with van der Waals surface area (Å²) in [5.41, 5.74) is -0.278. The first-order valence-corrected chi connectivity index (χ1v) is 9.23. The molecule has 0 bridgehead atoms. The number of amides is 1. The van der Waals surface area contributed by atoms with E-state index < -0.39 is 27.1 Å². The molecule has 0 aliphatic heterocycles. The van der Waals surface area contributed by atoms with Crippen molar-refractivity contribution >= 4 is 15.9 Å². The zero-order valence-corrected chi connectivity index (χ0v) is 14.3. The molecule has 0 radical (unpaired) electrons. The molecule has 6 heteroatoms. The van der Waals surface area contributed by atoms with Crippen molar-refractivity contribution < 1.29 is 17.9 Å². The first kappa shape index (κ1) is 16.8. The van der Waals surface area contributed by atoms with E-state index in [1.165, 1.54) is 6.26 Å². The van der Waals surface area contributed by atoms with E-state index in [-0.39, 0.29) is 4.90 Å². The predicted molar refractivity (Wildman–Crippen MR) is 84.5 cm³/mol. The number of rotatable bonds is 3. The van der Waals surface area contributed by atoms with Gasteiger partial charge in [0.1, 0.15) is 5.60 Å². The average Bonchev–Trinajstić information content (AvgIpc) is 2.31. The minimum atomic E-state index is -3.27. The van der Waals surface area contributed by atoms with Crippen molar-refractivity contribution in [3.8, 4) is 0 Å². The first-order valence-electron chi connectivity index (χ1n) is 7.34. The van der Waals surface area contributed by atoms with E-state index in [1.807, 2.05) is 26.8 Å². The molecular weight excluding hydrogens is 302 g/mol. The van der Waals surface area contributed by atoms with Gasteiger partial charge < -0.3 is 10.1 Å². The third kappa shape index (κ3) is 3.80. The largest absolute Gasteiger partial charge is 0.444 e. The fourth-order valence-electron chi connectivity index (χ4n) is 2.54. The van der Waals surface area contributed by atoms with Crippen molar-refractivity contribution in [2.24, 2.45) is 0 Å². The van der Waals surface area contributed by atoms with Crippen molar-refractivity contribution in [3.63, 3.8) is 0 Å². The second kappa shape index (κ2) is 5.57. The molecule has 22 heavy (non-hydrogen) atoms. The van der Waals surface area contributed by atoms with Crippen LogP contribution in [0.3, 0.4) is 0 Å². The van der Waals surface area contributed by atoms with Gasteiger partial charge in [-0.15, -0.1) is 0 Å². The van der Waals surface area contributed by atoms with E-state index in [9.17, 15) is 13.2 Å². The Morgan fingerprint density at radius 1 is 1.27 bits per heavy atom. The maximum atomic E-state index is 12.1. The highest BCUT2D eigenvalue weighted by molar-refractivity contribution is 7.90. The summed E-state index contributed by atoms with van der Waals surface area (Å²) in [7, 11) is -3.27. The van der Waals surface area contributed by atoms with Gasteiger partial charge in [0.2, 0.25) is 0 Å². The number of hydrogen-bond acceptors (Lipinski definition) is 4. The summed E-state index contributed by atoms with van der Waals surface area (Å²) >= 11 is 0. The van der Waals surface area contributed by atoms with E-state index in [2.05, 4.69) is 5.32 Å². The van der Waals surface area contributed by atoms with Crippen LogP contribution in [0.5, 0.6) is 0 Å². The SMILES string of the molecule is CC(C)(C)OC(=O)NC1(c2cccc(S(C)(=O)=O)c2)CCC1. The summed E-state index contributed by atoms with van der Waals surface area (Å²) in [4.78, 5) is 12.3. The molecule has 0 atom stereocenters. The van der Waals surface area contributed by atoms with E-state index in [1.54, 1.807) is 18.2 Å². The highest BCUT2D eigenvalue weighted by atomic mass is 32.2. The lowest BCUT2D eigenvalue weighted by molar-refractivity contribution is 0.0377. The Kier molecular flexibility index (Phi) is 4.26. The van der Waals surface area contributed by atoms with Gasteiger partial charge in [-0.1, -0.05) is 12.1 Å². The molecule has 2 rings (SSSR count). The fourth-order valence-corrected chi connectivity index (χ4v) is 3.21. The molecule has 0 spiro atoms. The molecule has 1 amide bonds. The number of alkyl carbamates (subject to hydrolysis) is 1. The lowest BCUT2D eigenvalue weighted by atomic mass is 9.72. The monoisotopic (exact) mass is 325 g/mol. The predicted octanol–water partition coefficient (Wildman–Crippen LogP) is 2.99. The summed E-state index contributed by atoms with van der Waals surface area (Å²) in [6.45, 7) is 5.43. The molecule has 0 saturated heterocycles. The van der Waals surface area contributed by atoms with Crippen LogP contribution in [0.4, 0.5) is 4.79 Å². The number of benzene rings is 1. The van der Waals surface area contributed by atoms with Crippen molar-refractivity contribution in [2.75, 3.05) is 6.26 Å². The Balaban J connectivity index is 2.26. The summed E-state index contributed by atoms with van der Waals surface area (Å²) in [5.74, 6) is 0. The molecule has 1 saturated carbocycles. The van der Waals surface area contributed by atoms with E-state index >= 15 is 0 Å². The molecule has 1 fully saturated rings. The van der Waals surface area contributed by atoms with Gasteiger partial charge in [-0.05, 0) is 57.7 Å². The normalized spacial score (nSPS) is 17.5. The van der Waals surface area contributed by atoms with Gasteiger partial charge >= 0.3 is 6.09 Å². The molecule has 0 heterocycles. The lowest BCUT2D eigenvalue weighted by Crippen LogP contribution is -2.52. The van der Waals surface area contributed by atoms with Gasteiger partial charge in [0.25, 0.3) is 0 Å². The highest BCUT2D eigenvalue weighted by Gasteiger charge is 2.41. The van der Waals surface area contributed by atoms with Crippen LogP contribution in [0.25, 0.3) is 0 Å². The minimum Gasteiger partial charge on any atom is -0.444 e. The van der Waals surface area contributed by atoms with Crippen molar-refractivity contribution in [3.05, 3.63) is 29.8 Å². The van der Waals surface area contributed by atoms with E-state index in [4.69, 9.17) is 4.74 Å². The quantitative estimate of drug-likeness (QED) is 0.927. The van der Waals surface area contributed by atoms with Gasteiger partial charge in [0.05, 0.1) is 10.4 Å². The zero-order valence-electron chi connectivity index (χ0n) is 13.5. The fraction of sp³-hybridized carbons (Fsp3) is 0.562. The Morgan fingerprint density at radius 2 is 1.91 bits per heavy atom. The van der Waals surface area contributed by atoms with Gasteiger partial charge in [-0.25, -0.2) is 13.2 Å². The average molecular weight is 325 g/mol. The second-order valence-electron chi connectivity index (χ2n) is 6.86. The van der Waals surface area contributed by atoms with Gasteiger partial charge in [-0.3, -0.25) is 0 Å². The smallest absolute Gasteiger partial charge is 0.408 e. The van der Waals surface area contributed by atoms with Crippen LogP contribution in [-0.4, -0.2) is 26.4 Å². The number of hydrogen-bond donors (Lipinski definition) is 1. The zero-order chi connectivity index (χ0) is 16.6. The van der Waals surface area contributed by atoms with E-state index in [0.29, 0.717) is 0 Å². The highest BCUT2D eigenvalue weighted by Crippen LogP contribution is 2.42. The Bertz CT molecular complexity index is 670. The summed E-state index contributed by atoms with van der Waals surface area (Å²) in [6, 6.07) is 6.78. The van der Waals surface area contributed by atoms with Crippen molar-refractivity contribution in [1.29, 1.82) is 0 Å². The summed E-state index contributed by atoms with van der Waals surface area (Å²) < 4.78 is 28.8. The number of nitrogens with one attached hydrogen (secondary N) is 1. The van der Waals surface area contributed by atoms with Crippen LogP contribution >= 0.6 is 0 Å². The number of carbonyl (C=O) groups excluding carboxylic acids is 1. The number of carbonyl (C=O) groups is 1. The second-order valence-corrected chi connectivity index (χ2v) is 8.88. The topological polar surface area (TPSA) is 72.5 Å². The first-order chi connectivity index (χ1) is 10.0. The van der Waals surface area contributed by atoms with Crippen molar-refractivity contribution in [2.45, 2.75) is 56.1 Å². The van der Waals surface area contributed by atoms with Crippen LogP contribution in [0.15, 0.2) is 29.2 Å². The maximum Gasteiger partial charge on any atom is 0.408 e. The maximum absolute atomic E-state index is 12.1. The molecule has 1 aliphatic rings. The van der Waals surface area contributed by atoms with Crippen LogP contribution < -0.4 is 5.32 Å². The van der Waals surface area contributed by atoms with Crippen LogP contribution in [0.1, 0.15) is 45.6 Å². The Labute approximate surface area is 132 Å². The Morgan fingerprint density at radius 3 is 2.36 bits per heavy atom. The summed E-state index contributed by atoms with van der Waals surface area (Å²) in [6.07, 6.45) is 3.25. The minimum absolute atomic E-state index is 0.266. The van der Waals surface area contributed by atoms with Crippen molar-refractivity contribution in [1.82, 2.24) is 5.32 Å². The van der Waals surface area contributed by atoms with E-state index in [0.717, 1.165) is 24.8 Å². The van der Waals surface area contributed by atoms with Gasteiger partial charge in [0, 0.05) is 6.26 Å². The molecule has 1 aromatic rings. The molecule has 122 valence electrons. The number of sulfone groups is 1. The standard InChI is InChI=1S/C16H23NO4S/c1-15(2,3)21-14(18)17-16(9-6-10-16)12-7-5-8-13(11-12)22(4,19)20/h5,7-8,11H,6,9-10H2,1-4H3,(H,17,18). The molecule has 5 nitrogen and oxygen atoms in total. The molecular formula is C16H23NO4S. The van der Waals surface area contributed by atoms with Crippen LogP contribution in [0, 0.1) is 0 Å². The van der Waals surface area contributed by atoms with Crippen LogP contribution in [0.2, 0.25) is 0 Å². The molecule has 1 aliphatic carbocycles. The summed E-state index contributed by atoms with van der Waals surface area (Å²) in [5, 5.41) is 2.93. The third-order valence-corrected chi connectivity index (χ3v) is 4.87. The van der Waals surface area contributed by atoms with Crippen LogP contribution in [-0.2, 0) is 20.1 Å². The van der Waals surface area contributed by atoms with Gasteiger partial charge in [-0.2, -0.15) is 0 Å². The van der Waals surface area contributed by atoms with Gasteiger partial charge in [0.15, 0.2) is 9.84 Å². The third-order valence-electron chi connectivity index (χ3n) is 3.76. The molecule has 0 aromatic heterocycles. The molecule has 1 aromatic carbocycles. The molecule has 0 unspecified atom stereocenters.